The quantitative estimate of drug-likeness (QED) is 0.596. The van der Waals surface area contributed by atoms with E-state index in [4.69, 9.17) is 0 Å². The number of alkyl halides is 1. The molecule has 0 spiro atoms. The molecule has 0 aromatic rings. The van der Waals surface area contributed by atoms with Gasteiger partial charge >= 0.3 is 0 Å². The molecule has 0 N–H and O–H groups in total. The van der Waals surface area contributed by atoms with Gasteiger partial charge in [0, 0.05) is 19.1 Å². The summed E-state index contributed by atoms with van der Waals surface area (Å²) in [5, 5.41) is 0. The third-order valence-electron chi connectivity index (χ3n) is 2.70. The standard InChI is InChI=1S/C9H18FN/c1-7(2)8(3)11-5-4-9(10)6-11/h7-9H,4-6H2,1-3H3/t8-,9-/m1/s1. The highest BCUT2D eigenvalue weighted by Crippen LogP contribution is 2.18. The van der Waals surface area contributed by atoms with Crippen molar-refractivity contribution in [3.8, 4) is 0 Å². The molecule has 0 aliphatic carbocycles. The third kappa shape index (κ3) is 2.16. The summed E-state index contributed by atoms with van der Waals surface area (Å²) < 4.78 is 12.8. The fourth-order valence-electron chi connectivity index (χ4n) is 1.53. The first-order chi connectivity index (χ1) is 5.11. The van der Waals surface area contributed by atoms with E-state index in [2.05, 4.69) is 25.7 Å². The van der Waals surface area contributed by atoms with Gasteiger partial charge < -0.3 is 0 Å². The summed E-state index contributed by atoms with van der Waals surface area (Å²) in [6, 6.07) is 0.538. The molecule has 0 radical (unpaired) electrons. The summed E-state index contributed by atoms with van der Waals surface area (Å²) in [5.74, 6) is 0.639. The zero-order valence-electron chi connectivity index (χ0n) is 7.68. The van der Waals surface area contributed by atoms with Crippen LogP contribution in [-0.2, 0) is 0 Å². The van der Waals surface area contributed by atoms with Gasteiger partial charge in [-0.2, -0.15) is 0 Å². The molecule has 1 nitrogen and oxygen atoms in total. The Kier molecular flexibility index (Phi) is 2.88. The van der Waals surface area contributed by atoms with Crippen LogP contribution in [0.2, 0.25) is 0 Å². The number of nitrogens with zero attached hydrogens (tertiary/aromatic N) is 1. The minimum atomic E-state index is -0.573. The van der Waals surface area contributed by atoms with E-state index in [0.29, 0.717) is 18.5 Å². The average Bonchev–Trinajstić information content (AvgIpc) is 2.34. The molecule has 1 saturated heterocycles. The van der Waals surface area contributed by atoms with Crippen molar-refractivity contribution >= 4 is 0 Å². The molecule has 1 aliphatic rings. The van der Waals surface area contributed by atoms with Gasteiger partial charge in [-0.25, -0.2) is 4.39 Å². The lowest BCUT2D eigenvalue weighted by molar-refractivity contribution is 0.192. The molecule has 66 valence electrons. The van der Waals surface area contributed by atoms with Crippen LogP contribution in [0.3, 0.4) is 0 Å². The van der Waals surface area contributed by atoms with Crippen LogP contribution >= 0.6 is 0 Å². The van der Waals surface area contributed by atoms with Crippen molar-refractivity contribution in [1.82, 2.24) is 4.90 Å². The second-order valence-corrected chi connectivity index (χ2v) is 3.87. The second kappa shape index (κ2) is 3.53. The van der Waals surface area contributed by atoms with E-state index in [1.54, 1.807) is 0 Å². The predicted octanol–water partition coefficient (Wildman–Crippen LogP) is 2.07. The summed E-state index contributed by atoms with van der Waals surface area (Å²) in [6.45, 7) is 8.16. The summed E-state index contributed by atoms with van der Waals surface area (Å²) in [6.07, 6.45) is 0.160. The van der Waals surface area contributed by atoms with Crippen molar-refractivity contribution in [2.24, 2.45) is 5.92 Å². The Bertz CT molecular complexity index is 125. The van der Waals surface area contributed by atoms with Gasteiger partial charge in [0.1, 0.15) is 6.17 Å². The van der Waals surface area contributed by atoms with Crippen LogP contribution in [0, 0.1) is 5.92 Å². The zero-order valence-corrected chi connectivity index (χ0v) is 7.68. The van der Waals surface area contributed by atoms with Crippen molar-refractivity contribution in [3.63, 3.8) is 0 Å². The molecule has 1 heterocycles. The fraction of sp³-hybridized carbons (Fsp3) is 1.00. The van der Waals surface area contributed by atoms with Gasteiger partial charge in [-0.05, 0) is 19.3 Å². The van der Waals surface area contributed by atoms with Crippen molar-refractivity contribution < 1.29 is 4.39 Å². The Morgan fingerprint density at radius 3 is 2.36 bits per heavy atom. The molecule has 0 aromatic carbocycles. The Balaban J connectivity index is 2.36. The van der Waals surface area contributed by atoms with Crippen LogP contribution < -0.4 is 0 Å². The topological polar surface area (TPSA) is 3.24 Å². The molecule has 1 aliphatic heterocycles. The van der Waals surface area contributed by atoms with Gasteiger partial charge in [0.15, 0.2) is 0 Å². The SMILES string of the molecule is CC(C)[C@@H](C)N1CC[C@@H](F)C1. The number of hydrogen-bond donors (Lipinski definition) is 0. The molecule has 11 heavy (non-hydrogen) atoms. The Labute approximate surface area is 68.6 Å². The first-order valence-corrected chi connectivity index (χ1v) is 4.49. The molecule has 0 saturated carbocycles. The molecule has 0 amide bonds. The molecule has 0 bridgehead atoms. The van der Waals surface area contributed by atoms with Crippen LogP contribution in [0.25, 0.3) is 0 Å². The summed E-state index contributed by atoms with van der Waals surface area (Å²) >= 11 is 0. The Hall–Kier alpha value is -0.110. The normalized spacial score (nSPS) is 29.7. The maximum absolute atomic E-state index is 12.8. The molecule has 1 fully saturated rings. The summed E-state index contributed by atoms with van der Waals surface area (Å²) in [4.78, 5) is 2.25. The van der Waals surface area contributed by atoms with Gasteiger partial charge in [0.2, 0.25) is 0 Å². The van der Waals surface area contributed by atoms with Crippen LogP contribution in [0.1, 0.15) is 27.2 Å². The first-order valence-electron chi connectivity index (χ1n) is 4.49. The second-order valence-electron chi connectivity index (χ2n) is 3.87. The van der Waals surface area contributed by atoms with Crippen LogP contribution in [0.4, 0.5) is 4.39 Å². The molecule has 0 unspecified atom stereocenters. The maximum atomic E-state index is 12.8. The first kappa shape index (κ1) is 8.98. The van der Waals surface area contributed by atoms with Gasteiger partial charge in [-0.15, -0.1) is 0 Å². The van der Waals surface area contributed by atoms with Crippen molar-refractivity contribution in [2.45, 2.75) is 39.4 Å². The van der Waals surface area contributed by atoms with Crippen molar-refractivity contribution in [3.05, 3.63) is 0 Å². The van der Waals surface area contributed by atoms with Crippen molar-refractivity contribution in [2.75, 3.05) is 13.1 Å². The number of hydrogen-bond acceptors (Lipinski definition) is 1. The highest BCUT2D eigenvalue weighted by molar-refractivity contribution is 4.80. The van der Waals surface area contributed by atoms with Gasteiger partial charge in [-0.3, -0.25) is 4.90 Å². The predicted molar refractivity (Wildman–Crippen MR) is 45.4 cm³/mol. The van der Waals surface area contributed by atoms with Gasteiger partial charge in [-0.1, -0.05) is 13.8 Å². The van der Waals surface area contributed by atoms with Crippen LogP contribution in [0.5, 0.6) is 0 Å². The minimum Gasteiger partial charge on any atom is -0.297 e. The van der Waals surface area contributed by atoms with Gasteiger partial charge in [0.25, 0.3) is 0 Å². The van der Waals surface area contributed by atoms with E-state index in [1.165, 1.54) is 0 Å². The molecule has 2 atom stereocenters. The van der Waals surface area contributed by atoms with E-state index in [-0.39, 0.29) is 0 Å². The smallest absolute Gasteiger partial charge is 0.114 e. The Morgan fingerprint density at radius 1 is 1.36 bits per heavy atom. The average molecular weight is 159 g/mol. The van der Waals surface area contributed by atoms with Crippen LogP contribution in [0.15, 0.2) is 0 Å². The monoisotopic (exact) mass is 159 g/mol. The molecule has 2 heteroatoms. The van der Waals surface area contributed by atoms with Gasteiger partial charge in [0.05, 0.1) is 0 Å². The molecular formula is C9H18FN. The third-order valence-corrected chi connectivity index (χ3v) is 2.70. The van der Waals surface area contributed by atoms with Crippen LogP contribution in [-0.4, -0.2) is 30.2 Å². The molecule has 1 rings (SSSR count). The minimum absolute atomic E-state index is 0.538. The van der Waals surface area contributed by atoms with E-state index in [9.17, 15) is 4.39 Å². The maximum Gasteiger partial charge on any atom is 0.114 e. The van der Waals surface area contributed by atoms with E-state index in [0.717, 1.165) is 13.0 Å². The number of likely N-dealkylation sites (tertiary alicyclic amines) is 1. The fourth-order valence-corrected chi connectivity index (χ4v) is 1.53. The zero-order chi connectivity index (χ0) is 8.43. The van der Waals surface area contributed by atoms with Crippen molar-refractivity contribution in [1.29, 1.82) is 0 Å². The van der Waals surface area contributed by atoms with E-state index >= 15 is 0 Å². The molecular weight excluding hydrogens is 141 g/mol. The summed E-state index contributed by atoms with van der Waals surface area (Å²) in [5.41, 5.74) is 0. The Morgan fingerprint density at radius 2 is 2.00 bits per heavy atom. The lowest BCUT2D eigenvalue weighted by Gasteiger charge is -2.26. The molecule has 0 aromatic heterocycles. The van der Waals surface area contributed by atoms with E-state index < -0.39 is 6.17 Å². The largest absolute Gasteiger partial charge is 0.297 e. The lowest BCUT2D eigenvalue weighted by Crippen LogP contribution is -2.34. The highest BCUT2D eigenvalue weighted by atomic mass is 19.1. The number of rotatable bonds is 2. The lowest BCUT2D eigenvalue weighted by atomic mass is 10.1. The number of halogens is 1. The van der Waals surface area contributed by atoms with E-state index in [1.807, 2.05) is 0 Å². The highest BCUT2D eigenvalue weighted by Gasteiger charge is 2.26. The summed E-state index contributed by atoms with van der Waals surface area (Å²) in [7, 11) is 0.